The molecule has 1 aliphatic heterocycles. The maximum Gasteiger partial charge on any atom is 0.267 e. The third kappa shape index (κ3) is 4.14. The largest absolute Gasteiger partial charge is 0.354 e. The van der Waals surface area contributed by atoms with Crippen molar-refractivity contribution < 1.29 is 13.6 Å². The second-order valence-corrected chi connectivity index (χ2v) is 5.96. The lowest BCUT2D eigenvalue weighted by atomic mass is 10.1. The van der Waals surface area contributed by atoms with Crippen LogP contribution in [0.5, 0.6) is 0 Å². The van der Waals surface area contributed by atoms with Gasteiger partial charge < -0.3 is 4.90 Å². The van der Waals surface area contributed by atoms with Gasteiger partial charge in [-0.3, -0.25) is 4.79 Å². The molecule has 0 aromatic heterocycles. The van der Waals surface area contributed by atoms with Gasteiger partial charge in [0.2, 0.25) is 0 Å². The van der Waals surface area contributed by atoms with E-state index in [1.54, 1.807) is 11.9 Å². The fourth-order valence-electron chi connectivity index (χ4n) is 2.72. The first-order valence-corrected chi connectivity index (χ1v) is 8.19. The number of nitrogens with zero attached hydrogens (tertiary/aromatic N) is 2. The number of carbonyl (C=O) groups is 1. The van der Waals surface area contributed by atoms with Crippen LogP contribution in [0.1, 0.15) is 66.2 Å². The lowest BCUT2D eigenvalue weighted by Crippen LogP contribution is -2.42. The zero-order chi connectivity index (χ0) is 16.9. The Morgan fingerprint density at radius 2 is 2.00 bits per heavy atom. The summed E-state index contributed by atoms with van der Waals surface area (Å²) >= 11 is 0. The molecule has 0 N–H and O–H groups in total. The molecule has 0 aliphatic carbocycles. The Hall–Kier alpha value is -1.26. The summed E-state index contributed by atoms with van der Waals surface area (Å²) in [5.41, 5.74) is 1.39. The number of Topliss-reactive ketones (excluding diaryl/α,β-unsaturated/α-hetero) is 1. The predicted molar refractivity (Wildman–Crippen MR) is 86.4 cm³/mol. The second-order valence-electron chi connectivity index (χ2n) is 5.96. The SMILES string of the molecule is CCCC(=O)/C(N=C1CCC(C(F)(F)CC)N1C)=C(\C)CC. The molecular formula is C17H28F2N2O. The van der Waals surface area contributed by atoms with E-state index < -0.39 is 12.0 Å². The Kier molecular flexibility index (Phi) is 6.69. The van der Waals surface area contributed by atoms with Gasteiger partial charge in [0.1, 0.15) is 11.5 Å². The molecule has 1 atom stereocenters. The van der Waals surface area contributed by atoms with Crippen molar-refractivity contribution in [2.45, 2.75) is 78.2 Å². The zero-order valence-electron chi connectivity index (χ0n) is 14.4. The van der Waals surface area contributed by atoms with Gasteiger partial charge in [-0.25, -0.2) is 13.8 Å². The van der Waals surface area contributed by atoms with Gasteiger partial charge in [0.25, 0.3) is 5.92 Å². The molecule has 0 aromatic carbocycles. The Morgan fingerprint density at radius 3 is 2.50 bits per heavy atom. The standard InChI is InChI=1S/C17H28F2N2O/c1-6-9-13(22)16(12(4)7-2)20-15-11-10-14(21(15)5)17(18,19)8-3/h14H,6-11H2,1-5H3/b16-12-,20-15?. The molecule has 1 rings (SSSR count). The van der Waals surface area contributed by atoms with Crippen LogP contribution < -0.4 is 0 Å². The fourth-order valence-corrected chi connectivity index (χ4v) is 2.72. The zero-order valence-corrected chi connectivity index (χ0v) is 14.4. The fraction of sp³-hybridized carbons (Fsp3) is 0.765. The van der Waals surface area contributed by atoms with Crippen molar-refractivity contribution in [3.05, 3.63) is 11.3 Å². The molecule has 0 aromatic rings. The molecule has 5 heteroatoms. The molecule has 3 nitrogen and oxygen atoms in total. The van der Waals surface area contributed by atoms with Gasteiger partial charge in [-0.1, -0.05) is 20.8 Å². The smallest absolute Gasteiger partial charge is 0.267 e. The summed E-state index contributed by atoms with van der Waals surface area (Å²) in [4.78, 5) is 18.3. The van der Waals surface area contributed by atoms with Crippen LogP contribution in [0.3, 0.4) is 0 Å². The quantitative estimate of drug-likeness (QED) is 0.644. The summed E-state index contributed by atoms with van der Waals surface area (Å²) in [5.74, 6) is -2.11. The first kappa shape index (κ1) is 18.8. The molecule has 1 saturated heterocycles. The third-order valence-corrected chi connectivity index (χ3v) is 4.39. The van der Waals surface area contributed by atoms with Crippen molar-refractivity contribution in [3.63, 3.8) is 0 Å². The van der Waals surface area contributed by atoms with Crippen LogP contribution in [-0.2, 0) is 4.79 Å². The minimum Gasteiger partial charge on any atom is -0.354 e. The monoisotopic (exact) mass is 314 g/mol. The number of allylic oxidation sites excluding steroid dienone is 2. The van der Waals surface area contributed by atoms with Gasteiger partial charge in [-0.2, -0.15) is 0 Å². The van der Waals surface area contributed by atoms with E-state index in [9.17, 15) is 13.6 Å². The highest BCUT2D eigenvalue weighted by Gasteiger charge is 2.44. The van der Waals surface area contributed by atoms with Crippen LogP contribution in [-0.4, -0.2) is 35.5 Å². The van der Waals surface area contributed by atoms with Gasteiger partial charge in [0.05, 0.1) is 6.04 Å². The van der Waals surface area contributed by atoms with E-state index in [-0.39, 0.29) is 12.2 Å². The van der Waals surface area contributed by atoms with Gasteiger partial charge in [-0.15, -0.1) is 0 Å². The van der Waals surface area contributed by atoms with Gasteiger partial charge in [0, 0.05) is 26.3 Å². The summed E-state index contributed by atoms with van der Waals surface area (Å²) in [5, 5.41) is 0. The Labute approximate surface area is 132 Å². The summed E-state index contributed by atoms with van der Waals surface area (Å²) in [7, 11) is 1.66. The van der Waals surface area contributed by atoms with Crippen LogP contribution in [0, 0.1) is 0 Å². The van der Waals surface area contributed by atoms with Crippen molar-refractivity contribution in [1.82, 2.24) is 4.90 Å². The molecule has 0 bridgehead atoms. The van der Waals surface area contributed by atoms with Crippen LogP contribution >= 0.6 is 0 Å². The van der Waals surface area contributed by atoms with E-state index in [0.29, 0.717) is 30.8 Å². The first-order chi connectivity index (χ1) is 10.3. The van der Waals surface area contributed by atoms with Crippen LogP contribution in [0.15, 0.2) is 16.3 Å². The number of ketones is 1. The summed E-state index contributed by atoms with van der Waals surface area (Å²) < 4.78 is 27.9. The number of hydrogen-bond donors (Lipinski definition) is 0. The lowest BCUT2D eigenvalue weighted by molar-refractivity contribution is -0.115. The van der Waals surface area contributed by atoms with Gasteiger partial charge in [-0.05, 0) is 31.8 Å². The number of alkyl halides is 2. The highest BCUT2D eigenvalue weighted by atomic mass is 19.3. The van der Waals surface area contributed by atoms with E-state index in [2.05, 4.69) is 4.99 Å². The van der Waals surface area contributed by atoms with Crippen LogP contribution in [0.25, 0.3) is 0 Å². The van der Waals surface area contributed by atoms with Gasteiger partial charge in [0.15, 0.2) is 5.78 Å². The van der Waals surface area contributed by atoms with Crippen molar-refractivity contribution in [3.8, 4) is 0 Å². The average Bonchev–Trinajstić information content (AvgIpc) is 2.85. The maximum absolute atomic E-state index is 13.9. The van der Waals surface area contributed by atoms with Gasteiger partial charge >= 0.3 is 0 Å². The van der Waals surface area contributed by atoms with E-state index >= 15 is 0 Å². The normalized spacial score (nSPS) is 22.2. The maximum atomic E-state index is 13.9. The van der Waals surface area contributed by atoms with E-state index in [0.717, 1.165) is 18.4 Å². The molecule has 0 spiro atoms. The Balaban J connectivity index is 3.07. The third-order valence-electron chi connectivity index (χ3n) is 4.39. The average molecular weight is 314 g/mol. The van der Waals surface area contributed by atoms with E-state index in [4.69, 9.17) is 0 Å². The molecule has 126 valence electrons. The minimum atomic E-state index is -2.72. The minimum absolute atomic E-state index is 0.00783. The number of likely N-dealkylation sites (tertiary alicyclic amines) is 1. The highest BCUT2D eigenvalue weighted by molar-refractivity contribution is 5.99. The molecule has 1 fully saturated rings. The van der Waals surface area contributed by atoms with Crippen molar-refractivity contribution in [1.29, 1.82) is 0 Å². The molecule has 22 heavy (non-hydrogen) atoms. The molecule has 0 radical (unpaired) electrons. The second kappa shape index (κ2) is 7.84. The molecule has 1 heterocycles. The molecular weight excluding hydrogens is 286 g/mol. The number of rotatable bonds is 7. The first-order valence-electron chi connectivity index (χ1n) is 8.19. The predicted octanol–water partition coefficient (Wildman–Crippen LogP) is 4.58. The van der Waals surface area contributed by atoms with Crippen molar-refractivity contribution in [2.75, 3.05) is 7.05 Å². The molecule has 0 saturated carbocycles. The molecule has 0 amide bonds. The summed E-state index contributed by atoms with van der Waals surface area (Å²) in [6.45, 7) is 7.31. The number of carbonyl (C=O) groups excluding carboxylic acids is 1. The summed E-state index contributed by atoms with van der Waals surface area (Å²) in [6, 6.07) is -0.819. The Bertz CT molecular complexity index is 469. The highest BCUT2D eigenvalue weighted by Crippen LogP contribution is 2.34. The van der Waals surface area contributed by atoms with Crippen molar-refractivity contribution >= 4 is 11.6 Å². The lowest BCUT2D eigenvalue weighted by Gasteiger charge is -2.29. The number of aliphatic imine (C=N–C) groups is 1. The van der Waals surface area contributed by atoms with Crippen LogP contribution in [0.2, 0.25) is 0 Å². The molecule has 1 unspecified atom stereocenters. The molecule has 1 aliphatic rings. The Morgan fingerprint density at radius 1 is 1.36 bits per heavy atom. The van der Waals surface area contributed by atoms with E-state index in [1.807, 2.05) is 20.8 Å². The topological polar surface area (TPSA) is 32.7 Å². The number of halogens is 2. The van der Waals surface area contributed by atoms with E-state index in [1.165, 1.54) is 6.92 Å². The number of hydrogen-bond acceptors (Lipinski definition) is 2. The van der Waals surface area contributed by atoms with Crippen LogP contribution in [0.4, 0.5) is 8.78 Å². The van der Waals surface area contributed by atoms with Crippen molar-refractivity contribution in [2.24, 2.45) is 4.99 Å². The number of amidine groups is 1. The summed E-state index contributed by atoms with van der Waals surface area (Å²) in [6.07, 6.45) is 2.64.